The van der Waals surface area contributed by atoms with E-state index in [4.69, 9.17) is 0 Å². The highest BCUT2D eigenvalue weighted by Crippen LogP contribution is 2.27. The molecule has 1 rings (SSSR count). The molecule has 1 amide bonds. The Balaban J connectivity index is 2.07. The van der Waals surface area contributed by atoms with Crippen LogP contribution in [-0.2, 0) is 4.79 Å². The van der Waals surface area contributed by atoms with Crippen molar-refractivity contribution in [2.24, 2.45) is 5.92 Å². The van der Waals surface area contributed by atoms with Gasteiger partial charge in [-0.2, -0.15) is 0 Å². The first kappa shape index (κ1) is 12.5. The highest BCUT2D eigenvalue weighted by molar-refractivity contribution is 5.77. The second-order valence-corrected chi connectivity index (χ2v) is 4.52. The number of hydrogen-bond acceptors (Lipinski definition) is 2. The first-order chi connectivity index (χ1) is 7.26. The van der Waals surface area contributed by atoms with Crippen LogP contribution in [0.4, 0.5) is 0 Å². The van der Waals surface area contributed by atoms with Gasteiger partial charge in [-0.3, -0.25) is 4.79 Å². The predicted octanol–water partition coefficient (Wildman–Crippen LogP) is 1.68. The Morgan fingerprint density at radius 3 is 2.73 bits per heavy atom. The summed E-state index contributed by atoms with van der Waals surface area (Å²) >= 11 is 0. The van der Waals surface area contributed by atoms with Gasteiger partial charge in [0.15, 0.2) is 0 Å². The zero-order chi connectivity index (χ0) is 11.1. The summed E-state index contributed by atoms with van der Waals surface area (Å²) in [5.41, 5.74) is 0. The van der Waals surface area contributed by atoms with Gasteiger partial charge >= 0.3 is 0 Å². The first-order valence-electron chi connectivity index (χ1n) is 6.26. The van der Waals surface area contributed by atoms with Gasteiger partial charge in [0, 0.05) is 12.6 Å². The third-order valence-electron chi connectivity index (χ3n) is 3.24. The molecule has 0 aromatic carbocycles. The van der Waals surface area contributed by atoms with Crippen LogP contribution in [0, 0.1) is 5.92 Å². The average Bonchev–Trinajstić information content (AvgIpc) is 2.71. The molecule has 0 saturated heterocycles. The van der Waals surface area contributed by atoms with Crippen molar-refractivity contribution in [3.05, 3.63) is 0 Å². The van der Waals surface area contributed by atoms with Crippen molar-refractivity contribution in [2.75, 3.05) is 13.1 Å². The van der Waals surface area contributed by atoms with E-state index in [0.29, 0.717) is 12.6 Å². The monoisotopic (exact) mass is 212 g/mol. The van der Waals surface area contributed by atoms with Crippen molar-refractivity contribution in [2.45, 2.75) is 52.0 Å². The zero-order valence-corrected chi connectivity index (χ0v) is 10.0. The van der Waals surface area contributed by atoms with Gasteiger partial charge < -0.3 is 10.6 Å². The van der Waals surface area contributed by atoms with E-state index in [1.54, 1.807) is 0 Å². The van der Waals surface area contributed by atoms with E-state index < -0.39 is 0 Å². The molecule has 1 aliphatic carbocycles. The Kier molecular flexibility index (Phi) is 5.69. The van der Waals surface area contributed by atoms with Crippen molar-refractivity contribution < 1.29 is 4.79 Å². The van der Waals surface area contributed by atoms with Crippen LogP contribution >= 0.6 is 0 Å². The van der Waals surface area contributed by atoms with Crippen LogP contribution in [0.2, 0.25) is 0 Å². The molecule has 0 bridgehead atoms. The van der Waals surface area contributed by atoms with Crippen LogP contribution in [-0.4, -0.2) is 25.0 Å². The van der Waals surface area contributed by atoms with E-state index in [1.807, 2.05) is 0 Å². The zero-order valence-electron chi connectivity index (χ0n) is 10.0. The molecule has 88 valence electrons. The van der Waals surface area contributed by atoms with Gasteiger partial charge in [0.05, 0.1) is 6.54 Å². The average molecular weight is 212 g/mol. The van der Waals surface area contributed by atoms with Gasteiger partial charge in [-0.25, -0.2) is 0 Å². The van der Waals surface area contributed by atoms with Gasteiger partial charge in [-0.05, 0) is 31.6 Å². The summed E-state index contributed by atoms with van der Waals surface area (Å²) in [6.07, 6.45) is 6.09. The number of rotatable bonds is 6. The maximum absolute atomic E-state index is 11.3. The summed E-state index contributed by atoms with van der Waals surface area (Å²) in [6, 6.07) is 0.572. The molecule has 1 fully saturated rings. The third kappa shape index (κ3) is 4.65. The highest BCUT2D eigenvalue weighted by atomic mass is 16.1. The number of amides is 1. The molecule has 2 atom stereocenters. The van der Waals surface area contributed by atoms with Crippen LogP contribution in [0.5, 0.6) is 0 Å². The van der Waals surface area contributed by atoms with E-state index in [9.17, 15) is 4.79 Å². The second kappa shape index (κ2) is 6.83. The van der Waals surface area contributed by atoms with E-state index in [1.165, 1.54) is 25.7 Å². The molecule has 1 aliphatic rings. The Labute approximate surface area is 93.0 Å². The van der Waals surface area contributed by atoms with Gasteiger partial charge in [0.1, 0.15) is 0 Å². The number of hydrogen-bond donors (Lipinski definition) is 2. The summed E-state index contributed by atoms with van der Waals surface area (Å²) in [5.74, 6) is 1.01. The lowest BCUT2D eigenvalue weighted by Gasteiger charge is -2.12. The van der Waals surface area contributed by atoms with Crippen LogP contribution in [0.25, 0.3) is 0 Å². The maximum Gasteiger partial charge on any atom is 0.233 e. The van der Waals surface area contributed by atoms with E-state index in [-0.39, 0.29) is 5.91 Å². The second-order valence-electron chi connectivity index (χ2n) is 4.52. The lowest BCUT2D eigenvalue weighted by Crippen LogP contribution is -2.38. The Bertz CT molecular complexity index is 194. The lowest BCUT2D eigenvalue weighted by atomic mass is 10.1. The SMILES string of the molecule is CCCNC(=O)CNC1CCC(CC)C1. The van der Waals surface area contributed by atoms with Gasteiger partial charge in [-0.15, -0.1) is 0 Å². The minimum Gasteiger partial charge on any atom is -0.355 e. The van der Waals surface area contributed by atoms with Crippen LogP contribution in [0.3, 0.4) is 0 Å². The Morgan fingerprint density at radius 1 is 1.33 bits per heavy atom. The molecular weight excluding hydrogens is 188 g/mol. The van der Waals surface area contributed by atoms with Gasteiger partial charge in [0.2, 0.25) is 5.91 Å². The van der Waals surface area contributed by atoms with Crippen molar-refractivity contribution in [1.82, 2.24) is 10.6 Å². The summed E-state index contributed by atoms with van der Waals surface area (Å²) < 4.78 is 0. The fourth-order valence-electron chi connectivity index (χ4n) is 2.20. The van der Waals surface area contributed by atoms with Crippen molar-refractivity contribution in [3.8, 4) is 0 Å². The largest absolute Gasteiger partial charge is 0.355 e. The molecule has 0 spiro atoms. The summed E-state index contributed by atoms with van der Waals surface area (Å²) in [4.78, 5) is 11.3. The smallest absolute Gasteiger partial charge is 0.233 e. The molecule has 3 nitrogen and oxygen atoms in total. The van der Waals surface area contributed by atoms with E-state index in [2.05, 4.69) is 24.5 Å². The molecule has 0 aliphatic heterocycles. The van der Waals surface area contributed by atoms with Gasteiger partial charge in [-0.1, -0.05) is 20.3 Å². The minimum absolute atomic E-state index is 0.136. The fraction of sp³-hybridized carbons (Fsp3) is 0.917. The fourth-order valence-corrected chi connectivity index (χ4v) is 2.20. The minimum atomic E-state index is 0.136. The molecule has 2 N–H and O–H groups in total. The summed E-state index contributed by atoms with van der Waals surface area (Å²) in [7, 11) is 0. The molecule has 15 heavy (non-hydrogen) atoms. The number of carbonyl (C=O) groups is 1. The quantitative estimate of drug-likeness (QED) is 0.703. The maximum atomic E-state index is 11.3. The van der Waals surface area contributed by atoms with E-state index in [0.717, 1.165) is 18.9 Å². The number of carbonyl (C=O) groups excluding carboxylic acids is 1. The third-order valence-corrected chi connectivity index (χ3v) is 3.24. The molecule has 0 aromatic heterocycles. The molecule has 0 radical (unpaired) electrons. The van der Waals surface area contributed by atoms with Crippen LogP contribution < -0.4 is 10.6 Å². The molecule has 2 unspecified atom stereocenters. The topological polar surface area (TPSA) is 41.1 Å². The van der Waals surface area contributed by atoms with E-state index >= 15 is 0 Å². The number of nitrogens with one attached hydrogen (secondary N) is 2. The normalized spacial score (nSPS) is 25.5. The van der Waals surface area contributed by atoms with Crippen molar-refractivity contribution in [1.29, 1.82) is 0 Å². The summed E-state index contributed by atoms with van der Waals surface area (Å²) in [6.45, 7) is 5.60. The Hall–Kier alpha value is -0.570. The van der Waals surface area contributed by atoms with Crippen molar-refractivity contribution in [3.63, 3.8) is 0 Å². The van der Waals surface area contributed by atoms with Crippen LogP contribution in [0.1, 0.15) is 46.0 Å². The predicted molar refractivity (Wildman–Crippen MR) is 62.7 cm³/mol. The highest BCUT2D eigenvalue weighted by Gasteiger charge is 2.22. The molecular formula is C12H24N2O. The lowest BCUT2D eigenvalue weighted by molar-refractivity contribution is -0.120. The molecule has 0 heterocycles. The molecule has 1 saturated carbocycles. The van der Waals surface area contributed by atoms with Crippen LogP contribution in [0.15, 0.2) is 0 Å². The van der Waals surface area contributed by atoms with Crippen molar-refractivity contribution >= 4 is 5.91 Å². The Morgan fingerprint density at radius 2 is 2.13 bits per heavy atom. The summed E-state index contributed by atoms with van der Waals surface area (Å²) in [5, 5.41) is 6.22. The standard InChI is InChI=1S/C12H24N2O/c1-3-7-13-12(15)9-14-11-6-5-10(4-2)8-11/h10-11,14H,3-9H2,1-2H3,(H,13,15). The first-order valence-corrected chi connectivity index (χ1v) is 6.26. The van der Waals surface area contributed by atoms with Gasteiger partial charge in [0.25, 0.3) is 0 Å². The molecule has 3 heteroatoms. The molecule has 0 aromatic rings.